The van der Waals surface area contributed by atoms with Gasteiger partial charge in [0.15, 0.2) is 0 Å². The first kappa shape index (κ1) is 13.9. The maximum Gasteiger partial charge on any atom is 0.326 e. The molecule has 1 atom stereocenters. The van der Waals surface area contributed by atoms with Crippen LogP contribution >= 0.6 is 11.8 Å². The van der Waals surface area contributed by atoms with Gasteiger partial charge in [-0.05, 0) is 25.5 Å². The van der Waals surface area contributed by atoms with E-state index >= 15 is 0 Å². The third-order valence-electron chi connectivity index (χ3n) is 2.93. The Hall–Kier alpha value is -1.49. The zero-order valence-electron chi connectivity index (χ0n) is 11.1. The van der Waals surface area contributed by atoms with Crippen LogP contribution in [0.2, 0.25) is 0 Å². The molecule has 0 radical (unpaired) electrons. The van der Waals surface area contributed by atoms with E-state index in [0.717, 1.165) is 17.0 Å². The molecule has 2 rings (SSSR count). The highest BCUT2D eigenvalue weighted by molar-refractivity contribution is 8.01. The van der Waals surface area contributed by atoms with E-state index in [1.807, 2.05) is 31.2 Å². The molecule has 5 heteroatoms. The van der Waals surface area contributed by atoms with Crippen molar-refractivity contribution in [3.63, 3.8) is 0 Å². The van der Waals surface area contributed by atoms with Crippen LogP contribution in [-0.2, 0) is 14.3 Å². The van der Waals surface area contributed by atoms with Gasteiger partial charge in [0.1, 0.15) is 6.54 Å². The zero-order valence-corrected chi connectivity index (χ0v) is 11.9. The van der Waals surface area contributed by atoms with Gasteiger partial charge in [0.25, 0.3) is 0 Å². The normalized spacial score (nSPS) is 18.1. The summed E-state index contributed by atoms with van der Waals surface area (Å²) >= 11 is 1.57. The van der Waals surface area contributed by atoms with Gasteiger partial charge in [-0.1, -0.05) is 19.1 Å². The average molecular weight is 279 g/mol. The number of hydrogen-bond donors (Lipinski definition) is 0. The van der Waals surface area contributed by atoms with Crippen molar-refractivity contribution in [2.24, 2.45) is 0 Å². The van der Waals surface area contributed by atoms with Gasteiger partial charge in [0.2, 0.25) is 5.91 Å². The molecule has 0 saturated heterocycles. The van der Waals surface area contributed by atoms with Crippen molar-refractivity contribution in [1.29, 1.82) is 0 Å². The average Bonchev–Trinajstić information content (AvgIpc) is 2.42. The first-order chi connectivity index (χ1) is 9.17. The fourth-order valence-corrected chi connectivity index (χ4v) is 3.19. The minimum Gasteiger partial charge on any atom is -0.465 e. The lowest BCUT2D eigenvalue weighted by Crippen LogP contribution is -2.44. The molecule has 1 aliphatic rings. The number of carbonyl (C=O) groups is 2. The lowest BCUT2D eigenvalue weighted by molar-refractivity contribution is -0.142. The summed E-state index contributed by atoms with van der Waals surface area (Å²) in [5, 5.41) is -0.121. The number of esters is 1. The molecule has 0 aliphatic carbocycles. The van der Waals surface area contributed by atoms with Crippen LogP contribution in [-0.4, -0.2) is 30.3 Å². The number of hydrogen-bond acceptors (Lipinski definition) is 4. The molecule has 1 heterocycles. The van der Waals surface area contributed by atoms with E-state index in [2.05, 4.69) is 0 Å². The maximum absolute atomic E-state index is 12.4. The summed E-state index contributed by atoms with van der Waals surface area (Å²) in [6.45, 7) is 4.05. The molecule has 0 aromatic heterocycles. The molecule has 19 heavy (non-hydrogen) atoms. The fraction of sp³-hybridized carbons (Fsp3) is 0.429. The van der Waals surface area contributed by atoms with Gasteiger partial charge >= 0.3 is 5.97 Å². The Labute approximate surface area is 117 Å². The summed E-state index contributed by atoms with van der Waals surface area (Å²) in [6, 6.07) is 7.66. The monoisotopic (exact) mass is 279 g/mol. The first-order valence-corrected chi connectivity index (χ1v) is 7.28. The third-order valence-corrected chi connectivity index (χ3v) is 4.35. The van der Waals surface area contributed by atoms with Crippen LogP contribution < -0.4 is 4.90 Å². The zero-order chi connectivity index (χ0) is 13.8. The van der Waals surface area contributed by atoms with Crippen molar-refractivity contribution in [1.82, 2.24) is 0 Å². The Bertz CT molecular complexity index is 489. The van der Waals surface area contributed by atoms with Gasteiger partial charge in [0, 0.05) is 4.90 Å². The SMILES string of the molecule is CCOC(=O)CN1C(=O)C(CC)Sc2ccccc21. The van der Waals surface area contributed by atoms with Crippen LogP contribution in [0.3, 0.4) is 0 Å². The third kappa shape index (κ3) is 2.92. The van der Waals surface area contributed by atoms with Gasteiger partial charge in [-0.3, -0.25) is 14.5 Å². The second-order valence-corrected chi connectivity index (χ2v) is 5.46. The highest BCUT2D eigenvalue weighted by atomic mass is 32.2. The van der Waals surface area contributed by atoms with Gasteiger partial charge in [-0.25, -0.2) is 0 Å². The predicted molar refractivity (Wildman–Crippen MR) is 75.4 cm³/mol. The van der Waals surface area contributed by atoms with Crippen molar-refractivity contribution < 1.29 is 14.3 Å². The van der Waals surface area contributed by atoms with Crippen molar-refractivity contribution in [3.8, 4) is 0 Å². The lowest BCUT2D eigenvalue weighted by Gasteiger charge is -2.32. The van der Waals surface area contributed by atoms with E-state index in [1.54, 1.807) is 18.7 Å². The van der Waals surface area contributed by atoms with Crippen LogP contribution in [0.5, 0.6) is 0 Å². The largest absolute Gasteiger partial charge is 0.465 e. The Morgan fingerprint density at radius 2 is 2.11 bits per heavy atom. The predicted octanol–water partition coefficient (Wildman–Crippen LogP) is 2.47. The summed E-state index contributed by atoms with van der Waals surface area (Å²) in [6.07, 6.45) is 0.747. The summed E-state index contributed by atoms with van der Waals surface area (Å²) < 4.78 is 4.94. The van der Waals surface area contributed by atoms with Gasteiger partial charge in [-0.15, -0.1) is 11.8 Å². The Balaban J connectivity index is 2.28. The molecule has 1 amide bonds. The number of nitrogens with zero attached hydrogens (tertiary/aromatic N) is 1. The van der Waals surface area contributed by atoms with Gasteiger partial charge in [-0.2, -0.15) is 0 Å². The summed E-state index contributed by atoms with van der Waals surface area (Å²) in [5.41, 5.74) is 0.801. The number of fused-ring (bicyclic) bond motifs is 1. The number of rotatable bonds is 4. The summed E-state index contributed by atoms with van der Waals surface area (Å²) in [5.74, 6) is -0.383. The van der Waals surface area contributed by atoms with Crippen molar-refractivity contribution in [2.45, 2.75) is 30.4 Å². The maximum atomic E-state index is 12.4. The number of ether oxygens (including phenoxy) is 1. The molecule has 1 aliphatic heterocycles. The topological polar surface area (TPSA) is 46.6 Å². The molecular formula is C14H17NO3S. The van der Waals surface area contributed by atoms with Crippen molar-refractivity contribution in [2.75, 3.05) is 18.1 Å². The first-order valence-electron chi connectivity index (χ1n) is 6.40. The highest BCUT2D eigenvalue weighted by Gasteiger charge is 2.33. The highest BCUT2D eigenvalue weighted by Crippen LogP contribution is 2.39. The van der Waals surface area contributed by atoms with Crippen LogP contribution in [0, 0.1) is 0 Å². The smallest absolute Gasteiger partial charge is 0.326 e. The van der Waals surface area contributed by atoms with E-state index in [1.165, 1.54) is 4.90 Å². The Kier molecular flexibility index (Phi) is 4.47. The van der Waals surface area contributed by atoms with Crippen LogP contribution in [0.4, 0.5) is 5.69 Å². The van der Waals surface area contributed by atoms with E-state index in [-0.39, 0.29) is 23.7 Å². The van der Waals surface area contributed by atoms with Crippen LogP contribution in [0.1, 0.15) is 20.3 Å². The Morgan fingerprint density at radius 1 is 1.37 bits per heavy atom. The number of thioether (sulfide) groups is 1. The molecule has 1 aromatic rings. The molecule has 4 nitrogen and oxygen atoms in total. The fourth-order valence-electron chi connectivity index (χ4n) is 2.03. The van der Waals surface area contributed by atoms with E-state index in [4.69, 9.17) is 4.74 Å². The molecule has 1 aromatic carbocycles. The lowest BCUT2D eigenvalue weighted by atomic mass is 10.2. The second kappa shape index (κ2) is 6.10. The minimum absolute atomic E-state index is 0.0131. The molecule has 0 saturated carbocycles. The molecule has 0 fully saturated rings. The number of carbonyl (C=O) groups excluding carboxylic acids is 2. The molecule has 0 spiro atoms. The Morgan fingerprint density at radius 3 is 2.79 bits per heavy atom. The van der Waals surface area contributed by atoms with Gasteiger partial charge < -0.3 is 4.74 Å². The quantitative estimate of drug-likeness (QED) is 0.794. The van der Waals surface area contributed by atoms with Crippen molar-refractivity contribution >= 4 is 29.3 Å². The second-order valence-electron chi connectivity index (χ2n) is 4.21. The van der Waals surface area contributed by atoms with Crippen LogP contribution in [0.25, 0.3) is 0 Å². The van der Waals surface area contributed by atoms with E-state index in [9.17, 15) is 9.59 Å². The summed E-state index contributed by atoms with van der Waals surface area (Å²) in [7, 11) is 0. The number of benzene rings is 1. The van der Waals surface area contributed by atoms with Crippen molar-refractivity contribution in [3.05, 3.63) is 24.3 Å². The molecule has 0 N–H and O–H groups in total. The number of amides is 1. The molecule has 0 bridgehead atoms. The standard InChI is InChI=1S/C14H17NO3S/c1-3-11-14(17)15(9-13(16)18-4-2)10-7-5-6-8-12(10)19-11/h5-8,11H,3-4,9H2,1-2H3. The number of anilines is 1. The number of para-hydroxylation sites is 1. The molecule has 102 valence electrons. The summed E-state index contributed by atoms with van der Waals surface area (Å²) in [4.78, 5) is 26.6. The minimum atomic E-state index is -0.368. The van der Waals surface area contributed by atoms with Gasteiger partial charge in [0.05, 0.1) is 17.5 Å². The van der Waals surface area contributed by atoms with Crippen LogP contribution in [0.15, 0.2) is 29.2 Å². The van der Waals surface area contributed by atoms with E-state index in [0.29, 0.717) is 6.61 Å². The van der Waals surface area contributed by atoms with E-state index < -0.39 is 0 Å². The molecular weight excluding hydrogens is 262 g/mol. The molecule has 1 unspecified atom stereocenters.